The van der Waals surface area contributed by atoms with Gasteiger partial charge in [-0.05, 0) is 92.6 Å². The quantitative estimate of drug-likeness (QED) is 0.492. The van der Waals surface area contributed by atoms with Gasteiger partial charge in [0.05, 0.1) is 19.8 Å². The molecule has 2 nitrogen and oxygen atoms in total. The second kappa shape index (κ2) is 9.32. The van der Waals surface area contributed by atoms with Crippen molar-refractivity contribution in [1.82, 2.24) is 0 Å². The van der Waals surface area contributed by atoms with Gasteiger partial charge in [0, 0.05) is 0 Å². The van der Waals surface area contributed by atoms with E-state index in [1.807, 2.05) is 0 Å². The molecule has 29 heavy (non-hydrogen) atoms. The highest BCUT2D eigenvalue weighted by Gasteiger charge is 2.44. The Morgan fingerprint density at radius 3 is 2.24 bits per heavy atom. The van der Waals surface area contributed by atoms with Crippen LogP contribution >= 0.6 is 0 Å². The van der Waals surface area contributed by atoms with E-state index in [1.165, 1.54) is 45.6 Å². The van der Waals surface area contributed by atoms with Gasteiger partial charge in [-0.3, -0.25) is 0 Å². The summed E-state index contributed by atoms with van der Waals surface area (Å²) in [6.07, 6.45) is 12.2. The molecule has 0 spiro atoms. The summed E-state index contributed by atoms with van der Waals surface area (Å²) in [5, 5.41) is 0. The first kappa shape index (κ1) is 21.1. The number of benzene rings is 1. The second-order valence-corrected chi connectivity index (χ2v) is 9.58. The molecular formula is C25H36F2O2. The van der Waals surface area contributed by atoms with Crippen LogP contribution in [0.15, 0.2) is 12.1 Å². The van der Waals surface area contributed by atoms with Crippen LogP contribution in [-0.2, 0) is 4.74 Å². The van der Waals surface area contributed by atoms with E-state index in [2.05, 4.69) is 6.92 Å². The standard InChI is InChI=1S/C25H36F2O2/c1-3-4-16-7-11-21-18(8-12-20(16)21)15-29-19-9-5-17(6-10-19)22-13-14-23(28-2)25(27)24(22)26/h13-14,16-21H,3-12,15H2,1-2H3. The van der Waals surface area contributed by atoms with Crippen molar-refractivity contribution in [3.63, 3.8) is 0 Å². The summed E-state index contributed by atoms with van der Waals surface area (Å²) in [6, 6.07) is 3.23. The first-order chi connectivity index (χ1) is 14.1. The molecule has 3 aliphatic rings. The monoisotopic (exact) mass is 406 g/mol. The zero-order chi connectivity index (χ0) is 20.4. The topological polar surface area (TPSA) is 18.5 Å². The Hall–Kier alpha value is -1.16. The first-order valence-electron chi connectivity index (χ1n) is 11.8. The van der Waals surface area contributed by atoms with Crippen LogP contribution in [0.2, 0.25) is 0 Å². The Bertz CT molecular complexity index is 684. The van der Waals surface area contributed by atoms with Gasteiger partial charge in [-0.15, -0.1) is 0 Å². The minimum absolute atomic E-state index is 0.0220. The number of fused-ring (bicyclic) bond motifs is 1. The van der Waals surface area contributed by atoms with Crippen LogP contribution < -0.4 is 4.74 Å². The van der Waals surface area contributed by atoms with Crippen molar-refractivity contribution in [3.8, 4) is 5.75 Å². The zero-order valence-corrected chi connectivity index (χ0v) is 18.0. The van der Waals surface area contributed by atoms with Crippen LogP contribution in [0.5, 0.6) is 5.75 Å². The van der Waals surface area contributed by atoms with Gasteiger partial charge in [-0.2, -0.15) is 4.39 Å². The molecule has 3 aliphatic carbocycles. The first-order valence-corrected chi connectivity index (χ1v) is 11.8. The van der Waals surface area contributed by atoms with Crippen LogP contribution in [0.25, 0.3) is 0 Å². The summed E-state index contributed by atoms with van der Waals surface area (Å²) in [6.45, 7) is 3.21. The van der Waals surface area contributed by atoms with E-state index in [0.717, 1.165) is 56.0 Å². The molecule has 0 N–H and O–H groups in total. The predicted octanol–water partition coefficient (Wildman–Crippen LogP) is 6.87. The summed E-state index contributed by atoms with van der Waals surface area (Å²) in [5.41, 5.74) is 0.494. The average Bonchev–Trinajstić information content (AvgIpc) is 3.32. The van der Waals surface area contributed by atoms with Gasteiger partial charge < -0.3 is 9.47 Å². The average molecular weight is 407 g/mol. The summed E-state index contributed by atoms with van der Waals surface area (Å²) in [5.74, 6) is 2.00. The fourth-order valence-corrected chi connectivity index (χ4v) is 6.60. The van der Waals surface area contributed by atoms with Crippen LogP contribution in [0.4, 0.5) is 8.78 Å². The number of hydrogen-bond acceptors (Lipinski definition) is 2. The maximum Gasteiger partial charge on any atom is 0.200 e. The number of hydrogen-bond donors (Lipinski definition) is 0. The zero-order valence-electron chi connectivity index (χ0n) is 18.0. The lowest BCUT2D eigenvalue weighted by atomic mass is 9.82. The fourth-order valence-electron chi connectivity index (χ4n) is 6.60. The summed E-state index contributed by atoms with van der Waals surface area (Å²) in [7, 11) is 1.36. The van der Waals surface area contributed by atoms with Crippen molar-refractivity contribution < 1.29 is 18.3 Å². The molecule has 162 valence electrons. The van der Waals surface area contributed by atoms with Gasteiger partial charge in [-0.25, -0.2) is 4.39 Å². The maximum atomic E-state index is 14.4. The highest BCUT2D eigenvalue weighted by Crippen LogP contribution is 2.52. The highest BCUT2D eigenvalue weighted by atomic mass is 19.2. The molecule has 4 atom stereocenters. The summed E-state index contributed by atoms with van der Waals surface area (Å²) in [4.78, 5) is 0. The van der Waals surface area contributed by atoms with E-state index < -0.39 is 11.6 Å². The van der Waals surface area contributed by atoms with Gasteiger partial charge in [0.15, 0.2) is 11.6 Å². The third-order valence-electron chi connectivity index (χ3n) is 8.12. The van der Waals surface area contributed by atoms with Crippen LogP contribution in [0, 0.1) is 35.3 Å². The number of methoxy groups -OCH3 is 1. The third-order valence-corrected chi connectivity index (χ3v) is 8.12. The molecule has 0 aromatic heterocycles. The Kier molecular flexibility index (Phi) is 6.78. The fraction of sp³-hybridized carbons (Fsp3) is 0.760. The Morgan fingerprint density at radius 2 is 1.55 bits per heavy atom. The van der Waals surface area contributed by atoms with Gasteiger partial charge >= 0.3 is 0 Å². The number of halogens is 2. The molecule has 1 aromatic rings. The van der Waals surface area contributed by atoms with Crippen molar-refractivity contribution in [2.75, 3.05) is 13.7 Å². The maximum absolute atomic E-state index is 14.4. The van der Waals surface area contributed by atoms with E-state index in [9.17, 15) is 8.78 Å². The third kappa shape index (κ3) is 4.33. The smallest absolute Gasteiger partial charge is 0.200 e. The van der Waals surface area contributed by atoms with E-state index in [-0.39, 0.29) is 17.8 Å². The molecule has 4 heteroatoms. The van der Waals surface area contributed by atoms with Gasteiger partial charge in [0.1, 0.15) is 0 Å². The molecule has 3 fully saturated rings. The van der Waals surface area contributed by atoms with Crippen molar-refractivity contribution in [2.45, 2.75) is 83.2 Å². The SMILES string of the molecule is CCCC1CCC2C(COC3CCC(c4ccc(OC)c(F)c4F)CC3)CCC12. The van der Waals surface area contributed by atoms with E-state index in [0.29, 0.717) is 5.56 Å². The van der Waals surface area contributed by atoms with Crippen molar-refractivity contribution in [1.29, 1.82) is 0 Å². The number of rotatable bonds is 7. The van der Waals surface area contributed by atoms with Gasteiger partial charge in [-0.1, -0.05) is 25.8 Å². The molecule has 4 rings (SSSR count). The van der Waals surface area contributed by atoms with Gasteiger partial charge in [0.25, 0.3) is 0 Å². The van der Waals surface area contributed by atoms with Crippen LogP contribution in [0.3, 0.4) is 0 Å². The molecule has 0 aliphatic heterocycles. The minimum atomic E-state index is -0.864. The highest BCUT2D eigenvalue weighted by molar-refractivity contribution is 5.33. The molecule has 1 aromatic carbocycles. The summed E-state index contributed by atoms with van der Waals surface area (Å²) >= 11 is 0. The number of ether oxygens (including phenoxy) is 2. The van der Waals surface area contributed by atoms with E-state index >= 15 is 0 Å². The Balaban J connectivity index is 1.26. The lowest BCUT2D eigenvalue weighted by molar-refractivity contribution is -0.00340. The molecule has 0 amide bonds. The summed E-state index contributed by atoms with van der Waals surface area (Å²) < 4.78 is 39.7. The van der Waals surface area contributed by atoms with E-state index in [1.54, 1.807) is 12.1 Å². The largest absolute Gasteiger partial charge is 0.494 e. The van der Waals surface area contributed by atoms with Gasteiger partial charge in [0.2, 0.25) is 5.82 Å². The van der Waals surface area contributed by atoms with Crippen LogP contribution in [-0.4, -0.2) is 19.8 Å². The Morgan fingerprint density at radius 1 is 0.862 bits per heavy atom. The minimum Gasteiger partial charge on any atom is -0.494 e. The van der Waals surface area contributed by atoms with E-state index in [4.69, 9.17) is 9.47 Å². The molecule has 3 saturated carbocycles. The molecule has 0 saturated heterocycles. The molecule has 0 bridgehead atoms. The Labute approximate surface area is 174 Å². The van der Waals surface area contributed by atoms with Crippen LogP contribution in [0.1, 0.15) is 82.6 Å². The molecular weight excluding hydrogens is 370 g/mol. The second-order valence-electron chi connectivity index (χ2n) is 9.58. The molecule has 4 unspecified atom stereocenters. The lowest BCUT2D eigenvalue weighted by Gasteiger charge is -2.30. The lowest BCUT2D eigenvalue weighted by Crippen LogP contribution is -2.25. The van der Waals surface area contributed by atoms with Crippen molar-refractivity contribution in [3.05, 3.63) is 29.3 Å². The normalized spacial score (nSPS) is 34.3. The molecule has 0 radical (unpaired) electrons. The molecule has 0 heterocycles. The van der Waals surface area contributed by atoms with Crippen molar-refractivity contribution in [2.24, 2.45) is 23.7 Å². The van der Waals surface area contributed by atoms with Crippen molar-refractivity contribution >= 4 is 0 Å². The predicted molar refractivity (Wildman–Crippen MR) is 111 cm³/mol.